The van der Waals surface area contributed by atoms with Crippen LogP contribution in [0, 0.1) is 6.92 Å². The van der Waals surface area contributed by atoms with Crippen molar-refractivity contribution in [1.82, 2.24) is 0 Å². The Labute approximate surface area is 181 Å². The number of sulfonamides is 1. The first-order valence-electron chi connectivity index (χ1n) is 8.94. The average molecular weight is 450 g/mol. The topological polar surface area (TPSA) is 46.6 Å². The van der Waals surface area contributed by atoms with Gasteiger partial charge in [0.2, 0.25) is 0 Å². The Morgan fingerprint density at radius 1 is 0.966 bits per heavy atom. The molecule has 7 heteroatoms. The molecule has 0 N–H and O–H groups in total. The van der Waals surface area contributed by atoms with Crippen molar-refractivity contribution < 1.29 is 13.2 Å². The van der Waals surface area contributed by atoms with Crippen LogP contribution in [0.1, 0.15) is 24.1 Å². The van der Waals surface area contributed by atoms with E-state index in [4.69, 9.17) is 27.9 Å². The quantitative estimate of drug-likeness (QED) is 0.445. The molecule has 0 amide bonds. The fourth-order valence-electron chi connectivity index (χ4n) is 3.04. The molecular formula is C22H21Cl2NO3S. The largest absolute Gasteiger partial charge is 0.497 e. The molecule has 0 saturated heterocycles. The molecule has 3 aromatic carbocycles. The third-order valence-electron chi connectivity index (χ3n) is 4.71. The van der Waals surface area contributed by atoms with Crippen LogP contribution in [0.3, 0.4) is 0 Å². The van der Waals surface area contributed by atoms with E-state index in [0.717, 1.165) is 11.1 Å². The van der Waals surface area contributed by atoms with E-state index in [9.17, 15) is 8.42 Å². The van der Waals surface area contributed by atoms with Crippen molar-refractivity contribution in [2.75, 3.05) is 11.4 Å². The molecule has 0 heterocycles. The van der Waals surface area contributed by atoms with Gasteiger partial charge in [0.1, 0.15) is 5.75 Å². The number of anilines is 1. The van der Waals surface area contributed by atoms with Gasteiger partial charge < -0.3 is 4.74 Å². The molecule has 0 radical (unpaired) electrons. The van der Waals surface area contributed by atoms with Crippen molar-refractivity contribution in [3.8, 4) is 5.75 Å². The van der Waals surface area contributed by atoms with Crippen LogP contribution < -0.4 is 9.04 Å². The molecule has 29 heavy (non-hydrogen) atoms. The molecular weight excluding hydrogens is 429 g/mol. The number of aryl methyl sites for hydroxylation is 1. The number of hydrogen-bond acceptors (Lipinski definition) is 3. The fraction of sp³-hybridized carbons (Fsp3) is 0.182. The normalized spacial score (nSPS) is 12.4. The highest BCUT2D eigenvalue weighted by molar-refractivity contribution is 7.92. The second-order valence-corrected chi connectivity index (χ2v) is 9.30. The monoisotopic (exact) mass is 449 g/mol. The lowest BCUT2D eigenvalue weighted by atomic mass is 10.1. The van der Waals surface area contributed by atoms with Crippen LogP contribution in [0.4, 0.5) is 5.69 Å². The maximum atomic E-state index is 13.7. The Morgan fingerprint density at radius 2 is 1.66 bits per heavy atom. The van der Waals surface area contributed by atoms with Crippen LogP contribution in [0.2, 0.25) is 10.0 Å². The summed E-state index contributed by atoms with van der Waals surface area (Å²) in [6, 6.07) is 18.3. The predicted octanol–water partition coefficient (Wildman–Crippen LogP) is 6.27. The van der Waals surface area contributed by atoms with Gasteiger partial charge in [0.25, 0.3) is 10.0 Å². The standard InChI is InChI=1S/C22H21Cl2NO3S/c1-15-7-12-21(14-22(15)24)29(26,27)25(19-10-8-18(23)9-11-19)16(2)17-5-4-6-20(13-17)28-3/h4-14,16H,1-3H3/t16-/m0/s1. The Bertz CT molecular complexity index is 1120. The number of benzene rings is 3. The van der Waals surface area contributed by atoms with Gasteiger partial charge in [-0.25, -0.2) is 8.42 Å². The first kappa shape index (κ1) is 21.5. The molecule has 0 aromatic heterocycles. The number of rotatable bonds is 6. The Balaban J connectivity index is 2.16. The second-order valence-electron chi connectivity index (χ2n) is 6.64. The molecule has 0 saturated carbocycles. The minimum atomic E-state index is -3.91. The Morgan fingerprint density at radius 3 is 2.28 bits per heavy atom. The molecule has 0 aliphatic carbocycles. The summed E-state index contributed by atoms with van der Waals surface area (Å²) in [6.45, 7) is 3.66. The summed E-state index contributed by atoms with van der Waals surface area (Å²) in [6.07, 6.45) is 0. The third kappa shape index (κ3) is 4.53. The molecule has 0 fully saturated rings. The summed E-state index contributed by atoms with van der Waals surface area (Å²) in [5.74, 6) is 0.654. The zero-order valence-corrected chi connectivity index (χ0v) is 18.6. The number of nitrogens with zero attached hydrogens (tertiary/aromatic N) is 1. The maximum Gasteiger partial charge on any atom is 0.264 e. The average Bonchev–Trinajstić information content (AvgIpc) is 2.71. The predicted molar refractivity (Wildman–Crippen MR) is 119 cm³/mol. The van der Waals surface area contributed by atoms with Crippen LogP contribution in [-0.4, -0.2) is 15.5 Å². The van der Waals surface area contributed by atoms with Crippen LogP contribution in [0.25, 0.3) is 0 Å². The first-order valence-corrected chi connectivity index (χ1v) is 11.1. The van der Waals surface area contributed by atoms with Crippen LogP contribution >= 0.6 is 23.2 Å². The van der Waals surface area contributed by atoms with Crippen molar-refractivity contribution in [3.63, 3.8) is 0 Å². The van der Waals surface area contributed by atoms with E-state index in [1.165, 1.54) is 10.4 Å². The van der Waals surface area contributed by atoms with Crippen molar-refractivity contribution in [1.29, 1.82) is 0 Å². The smallest absolute Gasteiger partial charge is 0.264 e. The van der Waals surface area contributed by atoms with Gasteiger partial charge in [-0.05, 0) is 73.5 Å². The molecule has 0 bridgehead atoms. The Hall–Kier alpha value is -2.21. The number of halogens is 2. The number of ether oxygens (including phenoxy) is 1. The molecule has 1 atom stereocenters. The van der Waals surface area contributed by atoms with E-state index in [0.29, 0.717) is 21.5 Å². The molecule has 3 aromatic rings. The first-order chi connectivity index (χ1) is 13.7. The number of hydrogen-bond donors (Lipinski definition) is 0. The van der Waals surface area contributed by atoms with E-state index in [1.54, 1.807) is 43.5 Å². The lowest BCUT2D eigenvalue weighted by molar-refractivity contribution is 0.414. The van der Waals surface area contributed by atoms with E-state index in [2.05, 4.69) is 0 Å². The molecule has 0 spiro atoms. The minimum Gasteiger partial charge on any atom is -0.497 e. The van der Waals surface area contributed by atoms with E-state index in [1.807, 2.05) is 38.1 Å². The highest BCUT2D eigenvalue weighted by atomic mass is 35.5. The molecule has 3 rings (SSSR count). The van der Waals surface area contributed by atoms with Gasteiger partial charge >= 0.3 is 0 Å². The highest BCUT2D eigenvalue weighted by Gasteiger charge is 2.31. The van der Waals surface area contributed by atoms with Gasteiger partial charge in [0.05, 0.1) is 23.7 Å². The lowest BCUT2D eigenvalue weighted by Gasteiger charge is -2.31. The Kier molecular flexibility index (Phi) is 6.42. The number of methoxy groups -OCH3 is 1. The lowest BCUT2D eigenvalue weighted by Crippen LogP contribution is -2.33. The van der Waals surface area contributed by atoms with Crippen LogP contribution in [0.15, 0.2) is 71.6 Å². The second kappa shape index (κ2) is 8.66. The third-order valence-corrected chi connectivity index (χ3v) is 7.26. The zero-order chi connectivity index (χ0) is 21.2. The van der Waals surface area contributed by atoms with Gasteiger partial charge in [-0.15, -0.1) is 0 Å². The van der Waals surface area contributed by atoms with Crippen LogP contribution in [0.5, 0.6) is 5.75 Å². The SMILES string of the molecule is COc1cccc([C@H](C)N(c2ccc(Cl)cc2)S(=O)(=O)c2ccc(C)c(Cl)c2)c1. The highest BCUT2D eigenvalue weighted by Crippen LogP contribution is 2.35. The summed E-state index contributed by atoms with van der Waals surface area (Å²) >= 11 is 12.2. The van der Waals surface area contributed by atoms with Crippen molar-refractivity contribution in [3.05, 3.63) is 87.9 Å². The minimum absolute atomic E-state index is 0.123. The van der Waals surface area contributed by atoms with Gasteiger partial charge in [-0.2, -0.15) is 0 Å². The summed E-state index contributed by atoms with van der Waals surface area (Å²) < 4.78 is 34.0. The van der Waals surface area contributed by atoms with Gasteiger partial charge in [-0.1, -0.05) is 41.4 Å². The molecule has 0 unspecified atom stereocenters. The van der Waals surface area contributed by atoms with E-state index < -0.39 is 16.1 Å². The van der Waals surface area contributed by atoms with Crippen molar-refractivity contribution >= 4 is 38.9 Å². The van der Waals surface area contributed by atoms with Crippen LogP contribution in [-0.2, 0) is 10.0 Å². The summed E-state index contributed by atoms with van der Waals surface area (Å²) in [4.78, 5) is 0.123. The molecule has 4 nitrogen and oxygen atoms in total. The summed E-state index contributed by atoms with van der Waals surface area (Å²) in [5.41, 5.74) is 2.10. The molecule has 0 aliphatic heterocycles. The van der Waals surface area contributed by atoms with E-state index >= 15 is 0 Å². The van der Waals surface area contributed by atoms with Gasteiger partial charge in [-0.3, -0.25) is 4.31 Å². The van der Waals surface area contributed by atoms with Crippen molar-refractivity contribution in [2.45, 2.75) is 24.8 Å². The molecule has 0 aliphatic rings. The fourth-order valence-corrected chi connectivity index (χ4v) is 5.09. The van der Waals surface area contributed by atoms with Crippen molar-refractivity contribution in [2.24, 2.45) is 0 Å². The van der Waals surface area contributed by atoms with Gasteiger partial charge in [0, 0.05) is 10.0 Å². The zero-order valence-electron chi connectivity index (χ0n) is 16.3. The summed E-state index contributed by atoms with van der Waals surface area (Å²) in [5, 5.41) is 0.926. The maximum absolute atomic E-state index is 13.7. The summed E-state index contributed by atoms with van der Waals surface area (Å²) in [7, 11) is -2.33. The van der Waals surface area contributed by atoms with E-state index in [-0.39, 0.29) is 4.90 Å². The molecule has 152 valence electrons. The van der Waals surface area contributed by atoms with Gasteiger partial charge in [0.15, 0.2) is 0 Å².